The van der Waals surface area contributed by atoms with E-state index in [9.17, 15) is 4.79 Å². The number of aromatic amines is 1. The van der Waals surface area contributed by atoms with Crippen molar-refractivity contribution < 1.29 is 9.53 Å². The Balaban J connectivity index is 1.54. The van der Waals surface area contributed by atoms with E-state index in [1.54, 1.807) is 17.2 Å². The maximum Gasteiger partial charge on any atom is 0.410 e. The molecule has 31 heavy (non-hydrogen) atoms. The van der Waals surface area contributed by atoms with Gasteiger partial charge in [-0.25, -0.2) is 14.8 Å². The van der Waals surface area contributed by atoms with Crippen LogP contribution in [0.5, 0.6) is 0 Å². The molecule has 0 spiro atoms. The number of carbonyl (C=O) groups is 1. The van der Waals surface area contributed by atoms with Crippen LogP contribution in [0.1, 0.15) is 27.7 Å². The van der Waals surface area contributed by atoms with Gasteiger partial charge in [-0.1, -0.05) is 35.3 Å². The van der Waals surface area contributed by atoms with Crippen molar-refractivity contribution >= 4 is 46.3 Å². The average Bonchev–Trinajstić information content (AvgIpc) is 3.11. The van der Waals surface area contributed by atoms with E-state index in [-0.39, 0.29) is 12.1 Å². The summed E-state index contributed by atoms with van der Waals surface area (Å²) < 4.78 is 5.52. The second kappa shape index (κ2) is 8.16. The molecule has 1 amide bonds. The van der Waals surface area contributed by atoms with Gasteiger partial charge in [0.25, 0.3) is 0 Å². The fraction of sp³-hybridized carbons (Fsp3) is 0.429. The highest BCUT2D eigenvalue weighted by Crippen LogP contribution is 2.35. The van der Waals surface area contributed by atoms with Gasteiger partial charge in [-0.15, -0.1) is 0 Å². The summed E-state index contributed by atoms with van der Waals surface area (Å²) in [5.74, 6) is 0.718. The molecule has 0 aliphatic carbocycles. The Morgan fingerprint density at radius 3 is 2.74 bits per heavy atom. The lowest BCUT2D eigenvalue weighted by atomic mass is 10.1. The van der Waals surface area contributed by atoms with Gasteiger partial charge in [0.2, 0.25) is 0 Å². The lowest BCUT2D eigenvalue weighted by molar-refractivity contribution is 0.0158. The Hall–Kier alpha value is -2.58. The molecule has 164 valence electrons. The Labute approximate surface area is 190 Å². The van der Waals surface area contributed by atoms with E-state index >= 15 is 0 Å². The van der Waals surface area contributed by atoms with E-state index in [0.717, 1.165) is 5.82 Å². The van der Waals surface area contributed by atoms with Crippen molar-refractivity contribution in [3.05, 3.63) is 34.4 Å². The van der Waals surface area contributed by atoms with E-state index < -0.39 is 5.60 Å². The topological polar surface area (TPSA) is 87.2 Å². The Kier molecular flexibility index (Phi) is 5.70. The Morgan fingerprint density at radius 2 is 2.03 bits per heavy atom. The summed E-state index contributed by atoms with van der Waals surface area (Å²) in [4.78, 5) is 25.6. The van der Waals surface area contributed by atoms with E-state index in [1.165, 1.54) is 0 Å². The number of halogens is 2. The molecule has 1 saturated heterocycles. The van der Waals surface area contributed by atoms with Gasteiger partial charge in [-0.2, -0.15) is 5.10 Å². The van der Waals surface area contributed by atoms with Gasteiger partial charge in [-0.05, 0) is 33.8 Å². The maximum atomic E-state index is 12.5. The number of aromatic nitrogens is 4. The number of amides is 1. The molecule has 8 nitrogen and oxygen atoms in total. The standard InChI is InChI=1S/C21H24Cl2N6O2/c1-12-11-28(8-9-29(12)20(30)31-21(2,3)4)15-10-24-18-17(26-27-19(18)25-15)13-6-5-7-14(22)16(13)23/h5-7,10,12H,8-9,11H2,1-4H3,(H,25,26,27). The smallest absolute Gasteiger partial charge is 0.410 e. The number of piperazine rings is 1. The van der Waals surface area contributed by atoms with Gasteiger partial charge in [0.1, 0.15) is 22.6 Å². The molecular formula is C21H24Cl2N6O2. The van der Waals surface area contributed by atoms with Crippen LogP contribution in [0.2, 0.25) is 10.0 Å². The van der Waals surface area contributed by atoms with Crippen molar-refractivity contribution in [3.63, 3.8) is 0 Å². The number of hydrogen-bond acceptors (Lipinski definition) is 6. The minimum atomic E-state index is -0.519. The summed E-state index contributed by atoms with van der Waals surface area (Å²) in [5, 5.41) is 8.18. The van der Waals surface area contributed by atoms with Crippen LogP contribution in [-0.4, -0.2) is 62.4 Å². The van der Waals surface area contributed by atoms with Crippen LogP contribution in [0.3, 0.4) is 0 Å². The quantitative estimate of drug-likeness (QED) is 0.589. The van der Waals surface area contributed by atoms with Crippen LogP contribution in [0.15, 0.2) is 24.4 Å². The van der Waals surface area contributed by atoms with Crippen LogP contribution in [-0.2, 0) is 4.74 Å². The highest BCUT2D eigenvalue weighted by molar-refractivity contribution is 6.43. The summed E-state index contributed by atoms with van der Waals surface area (Å²) in [6.45, 7) is 9.40. The molecule has 1 N–H and O–H groups in total. The first-order chi connectivity index (χ1) is 14.6. The predicted octanol–water partition coefficient (Wildman–Crippen LogP) is 4.77. The first-order valence-corrected chi connectivity index (χ1v) is 10.8. The van der Waals surface area contributed by atoms with Crippen molar-refractivity contribution in [2.75, 3.05) is 24.5 Å². The molecule has 0 saturated carbocycles. The number of fused-ring (bicyclic) bond motifs is 1. The van der Waals surface area contributed by atoms with Crippen LogP contribution in [0.4, 0.5) is 10.6 Å². The highest BCUT2D eigenvalue weighted by atomic mass is 35.5. The fourth-order valence-electron chi connectivity index (χ4n) is 3.58. The fourth-order valence-corrected chi connectivity index (χ4v) is 3.97. The van der Waals surface area contributed by atoms with Crippen molar-refractivity contribution in [3.8, 4) is 11.3 Å². The molecule has 1 aliphatic heterocycles. The average molecular weight is 463 g/mol. The number of H-pyrrole nitrogens is 1. The molecule has 1 atom stereocenters. The van der Waals surface area contributed by atoms with Gasteiger partial charge in [0.15, 0.2) is 5.65 Å². The predicted molar refractivity (Wildman–Crippen MR) is 122 cm³/mol. The second-order valence-electron chi connectivity index (χ2n) is 8.57. The molecule has 3 heterocycles. The third-order valence-electron chi connectivity index (χ3n) is 5.04. The molecule has 3 aromatic rings. The Bertz CT molecular complexity index is 1130. The third-order valence-corrected chi connectivity index (χ3v) is 5.86. The van der Waals surface area contributed by atoms with E-state index in [1.807, 2.05) is 39.8 Å². The summed E-state index contributed by atoms with van der Waals surface area (Å²) >= 11 is 12.5. The zero-order chi connectivity index (χ0) is 22.3. The SMILES string of the molecule is CC1CN(c2cnc3c(-c4cccc(Cl)c4Cl)n[nH]c3n2)CCN1C(=O)OC(C)(C)C. The second-order valence-corrected chi connectivity index (χ2v) is 9.35. The highest BCUT2D eigenvalue weighted by Gasteiger charge is 2.31. The molecule has 0 radical (unpaired) electrons. The van der Waals surface area contributed by atoms with Crippen LogP contribution >= 0.6 is 23.2 Å². The number of nitrogens with zero attached hydrogens (tertiary/aromatic N) is 5. The summed E-state index contributed by atoms with van der Waals surface area (Å²) in [6.07, 6.45) is 1.42. The number of hydrogen-bond donors (Lipinski definition) is 1. The van der Waals surface area contributed by atoms with Gasteiger partial charge in [-0.3, -0.25) is 5.10 Å². The van der Waals surface area contributed by atoms with Crippen LogP contribution in [0.25, 0.3) is 22.4 Å². The minimum Gasteiger partial charge on any atom is -0.444 e. The molecule has 10 heteroatoms. The molecular weight excluding hydrogens is 439 g/mol. The lowest BCUT2D eigenvalue weighted by Crippen LogP contribution is -2.55. The molecule has 2 aromatic heterocycles. The third kappa shape index (κ3) is 4.41. The van der Waals surface area contributed by atoms with Crippen molar-refractivity contribution in [2.24, 2.45) is 0 Å². The number of nitrogens with one attached hydrogen (secondary N) is 1. The first-order valence-electron chi connectivity index (χ1n) is 10.0. The summed E-state index contributed by atoms with van der Waals surface area (Å²) in [7, 11) is 0. The van der Waals surface area contributed by atoms with E-state index in [0.29, 0.717) is 52.1 Å². The summed E-state index contributed by atoms with van der Waals surface area (Å²) in [5.41, 5.74) is 1.96. The normalized spacial score (nSPS) is 17.3. The van der Waals surface area contributed by atoms with Crippen molar-refractivity contribution in [1.29, 1.82) is 0 Å². The number of benzene rings is 1. The van der Waals surface area contributed by atoms with Gasteiger partial charge >= 0.3 is 6.09 Å². The number of ether oxygens (including phenoxy) is 1. The Morgan fingerprint density at radius 1 is 1.26 bits per heavy atom. The van der Waals surface area contributed by atoms with Crippen molar-refractivity contribution in [1.82, 2.24) is 25.1 Å². The van der Waals surface area contributed by atoms with Gasteiger partial charge < -0.3 is 14.5 Å². The number of rotatable bonds is 2. The maximum absolute atomic E-state index is 12.5. The van der Waals surface area contributed by atoms with E-state index in [2.05, 4.69) is 20.1 Å². The zero-order valence-electron chi connectivity index (χ0n) is 17.8. The molecule has 1 aromatic carbocycles. The van der Waals surface area contributed by atoms with Crippen LogP contribution in [0, 0.1) is 0 Å². The molecule has 4 rings (SSSR count). The largest absolute Gasteiger partial charge is 0.444 e. The van der Waals surface area contributed by atoms with Gasteiger partial charge in [0, 0.05) is 31.2 Å². The van der Waals surface area contributed by atoms with Crippen LogP contribution < -0.4 is 4.90 Å². The number of anilines is 1. The summed E-state index contributed by atoms with van der Waals surface area (Å²) in [6, 6.07) is 5.36. The number of carbonyl (C=O) groups excluding carboxylic acids is 1. The van der Waals surface area contributed by atoms with E-state index in [4.69, 9.17) is 32.9 Å². The monoisotopic (exact) mass is 462 g/mol. The van der Waals surface area contributed by atoms with Gasteiger partial charge in [0.05, 0.1) is 16.2 Å². The minimum absolute atomic E-state index is 0.0244. The molecule has 0 bridgehead atoms. The molecule has 1 aliphatic rings. The first kappa shape index (κ1) is 21.6. The lowest BCUT2D eigenvalue weighted by Gasteiger charge is -2.40. The van der Waals surface area contributed by atoms with Crippen molar-refractivity contribution in [2.45, 2.75) is 39.3 Å². The molecule has 1 fully saturated rings. The zero-order valence-corrected chi connectivity index (χ0v) is 19.3. The molecule has 1 unspecified atom stereocenters.